The second kappa shape index (κ2) is 4.11. The molecule has 0 aromatic heterocycles. The summed E-state index contributed by atoms with van der Waals surface area (Å²) in [6.07, 6.45) is 0. The summed E-state index contributed by atoms with van der Waals surface area (Å²) in [4.78, 5) is 0. The molecule has 0 bridgehead atoms. The average molecular weight is 207 g/mol. The molecular weight excluding hydrogens is 190 g/mol. The maximum absolute atomic E-state index is 5.37. The standard InChI is InChI=1S/C12H17NO2/c1-8-7-13-12(8)10-5-4-9(14-2)6-11(10)15-3/h4-6,8,12-13H,7H2,1-3H3. The molecule has 1 fully saturated rings. The van der Waals surface area contributed by atoms with Crippen LogP contribution in [-0.4, -0.2) is 20.8 Å². The number of hydrogen-bond donors (Lipinski definition) is 1. The maximum Gasteiger partial charge on any atom is 0.127 e. The molecule has 3 nitrogen and oxygen atoms in total. The molecule has 0 aliphatic carbocycles. The van der Waals surface area contributed by atoms with Gasteiger partial charge in [0.1, 0.15) is 11.5 Å². The first-order chi connectivity index (χ1) is 7.26. The maximum atomic E-state index is 5.37. The molecule has 0 saturated carbocycles. The summed E-state index contributed by atoms with van der Waals surface area (Å²) >= 11 is 0. The van der Waals surface area contributed by atoms with Crippen LogP contribution in [0.25, 0.3) is 0 Å². The SMILES string of the molecule is COc1ccc(C2NCC2C)c(OC)c1. The summed E-state index contributed by atoms with van der Waals surface area (Å²) in [5.74, 6) is 2.41. The highest BCUT2D eigenvalue weighted by molar-refractivity contribution is 5.43. The first kappa shape index (κ1) is 10.3. The van der Waals surface area contributed by atoms with Crippen LogP contribution >= 0.6 is 0 Å². The predicted octanol–water partition coefficient (Wildman–Crippen LogP) is 1.98. The van der Waals surface area contributed by atoms with Crippen molar-refractivity contribution in [2.24, 2.45) is 5.92 Å². The Morgan fingerprint density at radius 1 is 1.27 bits per heavy atom. The van der Waals surface area contributed by atoms with E-state index < -0.39 is 0 Å². The van der Waals surface area contributed by atoms with E-state index in [-0.39, 0.29) is 0 Å². The Morgan fingerprint density at radius 2 is 2.07 bits per heavy atom. The van der Waals surface area contributed by atoms with Crippen LogP contribution in [0.5, 0.6) is 11.5 Å². The van der Waals surface area contributed by atoms with Crippen molar-refractivity contribution < 1.29 is 9.47 Å². The van der Waals surface area contributed by atoms with E-state index >= 15 is 0 Å². The van der Waals surface area contributed by atoms with Crippen molar-refractivity contribution in [1.82, 2.24) is 5.32 Å². The molecule has 82 valence electrons. The van der Waals surface area contributed by atoms with Crippen molar-refractivity contribution in [2.75, 3.05) is 20.8 Å². The first-order valence-electron chi connectivity index (χ1n) is 5.21. The van der Waals surface area contributed by atoms with Crippen LogP contribution in [-0.2, 0) is 0 Å². The monoisotopic (exact) mass is 207 g/mol. The van der Waals surface area contributed by atoms with Crippen molar-refractivity contribution in [1.29, 1.82) is 0 Å². The zero-order valence-corrected chi connectivity index (χ0v) is 9.41. The Bertz CT molecular complexity index is 351. The second-order valence-corrected chi connectivity index (χ2v) is 3.97. The van der Waals surface area contributed by atoms with E-state index in [4.69, 9.17) is 9.47 Å². The van der Waals surface area contributed by atoms with Gasteiger partial charge in [-0.2, -0.15) is 0 Å². The second-order valence-electron chi connectivity index (χ2n) is 3.97. The van der Waals surface area contributed by atoms with Crippen LogP contribution in [0.3, 0.4) is 0 Å². The molecule has 1 aliphatic heterocycles. The zero-order valence-electron chi connectivity index (χ0n) is 9.41. The number of methoxy groups -OCH3 is 2. The highest BCUT2D eigenvalue weighted by atomic mass is 16.5. The molecule has 3 heteroatoms. The van der Waals surface area contributed by atoms with Gasteiger partial charge in [-0.15, -0.1) is 0 Å². The van der Waals surface area contributed by atoms with Gasteiger partial charge in [0.05, 0.1) is 14.2 Å². The topological polar surface area (TPSA) is 30.5 Å². The van der Waals surface area contributed by atoms with Gasteiger partial charge in [0.15, 0.2) is 0 Å². The molecule has 15 heavy (non-hydrogen) atoms. The number of hydrogen-bond acceptors (Lipinski definition) is 3. The van der Waals surface area contributed by atoms with Crippen LogP contribution in [0.15, 0.2) is 18.2 Å². The molecule has 1 aromatic rings. The van der Waals surface area contributed by atoms with Crippen LogP contribution in [0, 0.1) is 5.92 Å². The van der Waals surface area contributed by atoms with E-state index in [0.29, 0.717) is 12.0 Å². The lowest BCUT2D eigenvalue weighted by molar-refractivity contribution is 0.250. The Balaban J connectivity index is 2.30. The van der Waals surface area contributed by atoms with Gasteiger partial charge in [-0.05, 0) is 12.0 Å². The Hall–Kier alpha value is -1.22. The third-order valence-electron chi connectivity index (χ3n) is 3.00. The van der Waals surface area contributed by atoms with E-state index in [1.807, 2.05) is 12.1 Å². The van der Waals surface area contributed by atoms with Gasteiger partial charge in [-0.1, -0.05) is 13.0 Å². The Labute approximate surface area is 90.4 Å². The lowest BCUT2D eigenvalue weighted by Crippen LogP contribution is -2.44. The van der Waals surface area contributed by atoms with Crippen LogP contribution in [0.1, 0.15) is 18.5 Å². The third-order valence-corrected chi connectivity index (χ3v) is 3.00. The van der Waals surface area contributed by atoms with E-state index in [9.17, 15) is 0 Å². The molecule has 0 spiro atoms. The molecule has 2 atom stereocenters. The molecule has 0 amide bonds. The van der Waals surface area contributed by atoms with Crippen molar-refractivity contribution in [3.8, 4) is 11.5 Å². The summed E-state index contributed by atoms with van der Waals surface area (Å²) in [5, 5.41) is 3.40. The van der Waals surface area contributed by atoms with E-state index in [1.54, 1.807) is 14.2 Å². The highest BCUT2D eigenvalue weighted by Gasteiger charge is 2.29. The van der Waals surface area contributed by atoms with Crippen molar-refractivity contribution in [2.45, 2.75) is 13.0 Å². The molecule has 1 aromatic carbocycles. The number of rotatable bonds is 3. The minimum atomic E-state index is 0.422. The fraction of sp³-hybridized carbons (Fsp3) is 0.500. The quantitative estimate of drug-likeness (QED) is 0.822. The van der Waals surface area contributed by atoms with E-state index in [0.717, 1.165) is 18.0 Å². The van der Waals surface area contributed by atoms with Crippen molar-refractivity contribution in [3.05, 3.63) is 23.8 Å². The van der Waals surface area contributed by atoms with Crippen LogP contribution in [0.4, 0.5) is 0 Å². The molecule has 1 N–H and O–H groups in total. The average Bonchev–Trinajstić information content (AvgIpc) is 2.27. The third kappa shape index (κ3) is 1.79. The number of ether oxygens (including phenoxy) is 2. The summed E-state index contributed by atoms with van der Waals surface area (Å²) in [6, 6.07) is 6.41. The van der Waals surface area contributed by atoms with Crippen molar-refractivity contribution >= 4 is 0 Å². The number of nitrogens with one attached hydrogen (secondary N) is 1. The van der Waals surface area contributed by atoms with Crippen LogP contribution < -0.4 is 14.8 Å². The normalized spacial score (nSPS) is 24.5. The van der Waals surface area contributed by atoms with E-state index in [1.165, 1.54) is 5.56 Å². The van der Waals surface area contributed by atoms with Gasteiger partial charge >= 0.3 is 0 Å². The summed E-state index contributed by atoms with van der Waals surface area (Å²) in [7, 11) is 3.36. The minimum Gasteiger partial charge on any atom is -0.497 e. The zero-order chi connectivity index (χ0) is 10.8. The molecular formula is C12H17NO2. The van der Waals surface area contributed by atoms with Gasteiger partial charge in [-0.3, -0.25) is 0 Å². The smallest absolute Gasteiger partial charge is 0.127 e. The Kier molecular flexibility index (Phi) is 2.82. The van der Waals surface area contributed by atoms with Gasteiger partial charge < -0.3 is 14.8 Å². The lowest BCUT2D eigenvalue weighted by Gasteiger charge is -2.36. The lowest BCUT2D eigenvalue weighted by atomic mass is 9.87. The van der Waals surface area contributed by atoms with Crippen LogP contribution in [0.2, 0.25) is 0 Å². The van der Waals surface area contributed by atoms with E-state index in [2.05, 4.69) is 18.3 Å². The van der Waals surface area contributed by atoms with Gasteiger partial charge in [0, 0.05) is 24.2 Å². The summed E-state index contributed by atoms with van der Waals surface area (Å²) < 4.78 is 10.5. The van der Waals surface area contributed by atoms with Gasteiger partial charge in [-0.25, -0.2) is 0 Å². The molecule has 1 saturated heterocycles. The summed E-state index contributed by atoms with van der Waals surface area (Å²) in [5.41, 5.74) is 1.22. The molecule has 2 rings (SSSR count). The van der Waals surface area contributed by atoms with Gasteiger partial charge in [0.2, 0.25) is 0 Å². The minimum absolute atomic E-state index is 0.422. The molecule has 2 unspecified atom stereocenters. The fourth-order valence-corrected chi connectivity index (χ4v) is 1.96. The van der Waals surface area contributed by atoms with Gasteiger partial charge in [0.25, 0.3) is 0 Å². The highest BCUT2D eigenvalue weighted by Crippen LogP contribution is 2.36. The first-order valence-corrected chi connectivity index (χ1v) is 5.21. The fourth-order valence-electron chi connectivity index (χ4n) is 1.96. The largest absolute Gasteiger partial charge is 0.497 e. The predicted molar refractivity (Wildman–Crippen MR) is 59.5 cm³/mol. The molecule has 0 radical (unpaired) electrons. The Morgan fingerprint density at radius 3 is 2.53 bits per heavy atom. The summed E-state index contributed by atoms with van der Waals surface area (Å²) in [6.45, 7) is 3.32. The molecule has 1 heterocycles. The number of benzene rings is 1. The molecule has 1 aliphatic rings. The van der Waals surface area contributed by atoms with Crippen molar-refractivity contribution in [3.63, 3.8) is 0 Å².